The van der Waals surface area contributed by atoms with Crippen LogP contribution in [0.2, 0.25) is 0 Å². The maximum atomic E-state index is 10.9. The Hall–Kier alpha value is -3.05. The summed E-state index contributed by atoms with van der Waals surface area (Å²) in [5.41, 5.74) is 10.5. The van der Waals surface area contributed by atoms with Crippen LogP contribution in [0.4, 0.5) is 16.5 Å². The van der Waals surface area contributed by atoms with Crippen LogP contribution in [0.25, 0.3) is 11.3 Å². The van der Waals surface area contributed by atoms with E-state index in [4.69, 9.17) is 5.73 Å². The second kappa shape index (κ2) is 14.0. The van der Waals surface area contributed by atoms with Crippen molar-refractivity contribution in [3.63, 3.8) is 0 Å². The van der Waals surface area contributed by atoms with Gasteiger partial charge in [0.05, 0.1) is 10.6 Å². The van der Waals surface area contributed by atoms with Crippen molar-refractivity contribution in [1.82, 2.24) is 19.7 Å². The Morgan fingerprint density at radius 1 is 0.775 bits per heavy atom. The van der Waals surface area contributed by atoms with Gasteiger partial charge in [0, 0.05) is 87.7 Å². The number of nitrogens with zero attached hydrogens (tertiary/aromatic N) is 6. The van der Waals surface area contributed by atoms with Crippen molar-refractivity contribution in [1.29, 1.82) is 0 Å². The molecule has 0 spiro atoms. The van der Waals surface area contributed by atoms with Crippen molar-refractivity contribution in [3.8, 4) is 11.3 Å². The maximum absolute atomic E-state index is 10.9. The van der Waals surface area contributed by atoms with E-state index in [0.717, 1.165) is 69.2 Å². The predicted molar refractivity (Wildman–Crippen MR) is 164 cm³/mol. The van der Waals surface area contributed by atoms with Gasteiger partial charge in [-0.15, -0.1) is 11.3 Å². The summed E-state index contributed by atoms with van der Waals surface area (Å²) in [4.78, 5) is 25.0. The second-order valence-electron chi connectivity index (χ2n) is 10.9. The average molecular weight is 564 g/mol. The summed E-state index contributed by atoms with van der Waals surface area (Å²) in [5.74, 6) is 0. The fourth-order valence-electron chi connectivity index (χ4n) is 5.65. The predicted octanol–water partition coefficient (Wildman–Crippen LogP) is 4.45. The summed E-state index contributed by atoms with van der Waals surface area (Å²) in [6, 6.07) is 15.7. The molecule has 0 aliphatic carbocycles. The monoisotopic (exact) mass is 563 g/mol. The Balaban J connectivity index is 0.902. The lowest BCUT2D eigenvalue weighted by Crippen LogP contribution is -2.47. The van der Waals surface area contributed by atoms with Gasteiger partial charge in [0.1, 0.15) is 0 Å². The third-order valence-corrected chi connectivity index (χ3v) is 8.87. The van der Waals surface area contributed by atoms with Gasteiger partial charge in [-0.2, -0.15) is 0 Å². The van der Waals surface area contributed by atoms with E-state index in [0.29, 0.717) is 5.13 Å². The number of unbranched alkanes of at least 4 members (excludes halogenated alkanes) is 2. The smallest absolute Gasteiger partial charge is 0.269 e. The van der Waals surface area contributed by atoms with Crippen LogP contribution in [-0.4, -0.2) is 96.6 Å². The molecular formula is C30H41N7O2S. The zero-order valence-electron chi connectivity index (χ0n) is 23.3. The van der Waals surface area contributed by atoms with Crippen molar-refractivity contribution < 1.29 is 4.92 Å². The molecule has 2 fully saturated rings. The first-order valence-electron chi connectivity index (χ1n) is 14.5. The van der Waals surface area contributed by atoms with E-state index in [1.807, 2.05) is 17.5 Å². The van der Waals surface area contributed by atoms with Crippen molar-refractivity contribution in [2.75, 3.05) is 82.6 Å². The number of anilines is 2. The van der Waals surface area contributed by atoms with Crippen LogP contribution in [0.1, 0.15) is 24.8 Å². The number of hydrogen-bond acceptors (Lipinski definition) is 9. The highest BCUT2D eigenvalue weighted by Crippen LogP contribution is 2.24. The van der Waals surface area contributed by atoms with Crippen LogP contribution in [0, 0.1) is 10.1 Å². The molecule has 5 rings (SSSR count). The molecule has 2 aromatic carbocycles. The molecule has 0 amide bonds. The molecule has 0 bridgehead atoms. The molecule has 9 nitrogen and oxygen atoms in total. The Bertz CT molecular complexity index is 1200. The van der Waals surface area contributed by atoms with Gasteiger partial charge in [0.2, 0.25) is 0 Å². The molecule has 10 heteroatoms. The standard InChI is InChI=1S/C30H41N7O2S/c31-30-32-29(24-40-30)26-6-4-25(5-7-26)12-15-35-18-16-33(17-19-35)13-2-1-3-14-34-20-22-36(23-21-34)27-8-10-28(11-9-27)37(38)39/h4-11,24H,1-3,12-23H2,(H2,31,32). The van der Waals surface area contributed by atoms with Crippen molar-refractivity contribution in [3.05, 3.63) is 69.6 Å². The third kappa shape index (κ3) is 8.00. The first-order chi connectivity index (χ1) is 19.5. The molecule has 2 saturated heterocycles. The molecule has 0 radical (unpaired) electrons. The van der Waals surface area contributed by atoms with Crippen LogP contribution in [0.3, 0.4) is 0 Å². The molecule has 214 valence electrons. The number of hydrogen-bond donors (Lipinski definition) is 1. The van der Waals surface area contributed by atoms with Crippen LogP contribution in [0.15, 0.2) is 53.9 Å². The summed E-state index contributed by atoms with van der Waals surface area (Å²) in [6.07, 6.45) is 4.90. The van der Waals surface area contributed by atoms with Crippen LogP contribution < -0.4 is 10.6 Å². The van der Waals surface area contributed by atoms with E-state index < -0.39 is 0 Å². The summed E-state index contributed by atoms with van der Waals surface area (Å²) in [7, 11) is 0. The van der Waals surface area contributed by atoms with E-state index in [1.54, 1.807) is 12.1 Å². The van der Waals surface area contributed by atoms with Gasteiger partial charge < -0.3 is 20.4 Å². The normalized spacial score (nSPS) is 17.4. The molecule has 2 N–H and O–H groups in total. The van der Waals surface area contributed by atoms with Crippen molar-refractivity contribution in [2.24, 2.45) is 0 Å². The van der Waals surface area contributed by atoms with Crippen LogP contribution in [-0.2, 0) is 6.42 Å². The molecule has 0 unspecified atom stereocenters. The highest BCUT2D eigenvalue weighted by atomic mass is 32.1. The van der Waals surface area contributed by atoms with Gasteiger partial charge in [-0.1, -0.05) is 30.7 Å². The fraction of sp³-hybridized carbons (Fsp3) is 0.500. The lowest BCUT2D eigenvalue weighted by molar-refractivity contribution is -0.384. The van der Waals surface area contributed by atoms with Gasteiger partial charge in [-0.3, -0.25) is 15.0 Å². The van der Waals surface area contributed by atoms with Gasteiger partial charge >= 0.3 is 0 Å². The van der Waals surface area contributed by atoms with Crippen LogP contribution >= 0.6 is 11.3 Å². The summed E-state index contributed by atoms with van der Waals surface area (Å²) >= 11 is 1.48. The van der Waals surface area contributed by atoms with E-state index in [-0.39, 0.29) is 10.6 Å². The number of nitro benzene ring substituents is 1. The number of nitrogen functional groups attached to an aromatic ring is 1. The maximum Gasteiger partial charge on any atom is 0.269 e. The third-order valence-electron chi connectivity index (χ3n) is 8.20. The number of aromatic nitrogens is 1. The first kappa shape index (κ1) is 28.5. The van der Waals surface area contributed by atoms with Gasteiger partial charge in [0.25, 0.3) is 5.69 Å². The SMILES string of the molecule is Nc1nc(-c2ccc(CCN3CCN(CCCCCN4CCN(c5ccc([N+](=O)[O-])cc5)CC4)CC3)cc2)cs1. The van der Waals surface area contributed by atoms with Gasteiger partial charge in [0.15, 0.2) is 5.13 Å². The number of non-ortho nitro benzene ring substituents is 1. The average Bonchev–Trinajstić information content (AvgIpc) is 3.43. The molecule has 40 heavy (non-hydrogen) atoms. The summed E-state index contributed by atoms with van der Waals surface area (Å²) in [5, 5.41) is 13.5. The Labute approximate surface area is 241 Å². The van der Waals surface area contributed by atoms with Gasteiger partial charge in [-0.25, -0.2) is 4.98 Å². The highest BCUT2D eigenvalue weighted by molar-refractivity contribution is 7.13. The minimum absolute atomic E-state index is 0.154. The van der Waals surface area contributed by atoms with E-state index in [1.165, 1.54) is 62.3 Å². The van der Waals surface area contributed by atoms with Crippen molar-refractivity contribution >= 4 is 27.8 Å². The molecular weight excluding hydrogens is 522 g/mol. The molecule has 0 saturated carbocycles. The van der Waals surface area contributed by atoms with Gasteiger partial charge in [-0.05, 0) is 50.0 Å². The van der Waals surface area contributed by atoms with E-state index in [9.17, 15) is 10.1 Å². The van der Waals surface area contributed by atoms with E-state index >= 15 is 0 Å². The van der Waals surface area contributed by atoms with Crippen LogP contribution in [0.5, 0.6) is 0 Å². The Morgan fingerprint density at radius 3 is 1.90 bits per heavy atom. The zero-order valence-corrected chi connectivity index (χ0v) is 24.1. The number of nitro groups is 1. The summed E-state index contributed by atoms with van der Waals surface area (Å²) < 4.78 is 0. The molecule has 2 aliphatic rings. The minimum Gasteiger partial charge on any atom is -0.375 e. The molecule has 3 aromatic rings. The highest BCUT2D eigenvalue weighted by Gasteiger charge is 2.19. The second-order valence-corrected chi connectivity index (χ2v) is 11.8. The molecule has 1 aromatic heterocycles. The Morgan fingerprint density at radius 2 is 1.35 bits per heavy atom. The quantitative estimate of drug-likeness (QED) is 0.196. The molecule has 3 heterocycles. The lowest BCUT2D eigenvalue weighted by atomic mass is 10.1. The number of benzene rings is 2. The largest absolute Gasteiger partial charge is 0.375 e. The molecule has 2 aliphatic heterocycles. The zero-order chi connectivity index (χ0) is 27.7. The molecule has 0 atom stereocenters. The number of nitrogens with two attached hydrogens (primary N) is 1. The number of rotatable bonds is 12. The Kier molecular flexibility index (Phi) is 9.99. The van der Waals surface area contributed by atoms with Crippen molar-refractivity contribution in [2.45, 2.75) is 25.7 Å². The first-order valence-corrected chi connectivity index (χ1v) is 15.4. The lowest BCUT2D eigenvalue weighted by Gasteiger charge is -2.36. The fourth-order valence-corrected chi connectivity index (χ4v) is 6.22. The minimum atomic E-state index is -0.341. The topological polar surface area (TPSA) is 95.0 Å². The number of piperazine rings is 2. The van der Waals surface area contributed by atoms with E-state index in [2.05, 4.69) is 48.8 Å². The summed E-state index contributed by atoms with van der Waals surface area (Å²) in [6.45, 7) is 12.3. The number of thiazole rings is 1.